The summed E-state index contributed by atoms with van der Waals surface area (Å²) in [5, 5.41) is 0. The monoisotopic (exact) mass is 1030 g/mol. The highest BCUT2D eigenvalue weighted by atomic mass is 16.6. The summed E-state index contributed by atoms with van der Waals surface area (Å²) >= 11 is 0. The Morgan fingerprint density at radius 1 is 0.284 bits per heavy atom. The van der Waals surface area contributed by atoms with Crippen LogP contribution in [0.3, 0.4) is 0 Å². The smallest absolute Gasteiger partial charge is 0.306 e. The van der Waals surface area contributed by atoms with Crippen LogP contribution >= 0.6 is 0 Å². The highest BCUT2D eigenvalue weighted by molar-refractivity contribution is 5.71. The van der Waals surface area contributed by atoms with Gasteiger partial charge in [-0.3, -0.25) is 14.4 Å². The Morgan fingerprint density at radius 2 is 0.527 bits per heavy atom. The van der Waals surface area contributed by atoms with E-state index in [4.69, 9.17) is 14.2 Å². The summed E-state index contributed by atoms with van der Waals surface area (Å²) in [5.41, 5.74) is 0. The van der Waals surface area contributed by atoms with Crippen LogP contribution in [-0.4, -0.2) is 37.2 Å². The van der Waals surface area contributed by atoms with Gasteiger partial charge >= 0.3 is 17.9 Å². The molecule has 1 atom stereocenters. The van der Waals surface area contributed by atoms with Gasteiger partial charge in [0.25, 0.3) is 0 Å². The predicted molar refractivity (Wildman–Crippen MR) is 321 cm³/mol. The van der Waals surface area contributed by atoms with Gasteiger partial charge in [-0.1, -0.05) is 279 Å². The number of allylic oxidation sites excluding steroid dienone is 14. The number of carbonyl (C=O) groups excluding carboxylic acids is 3. The number of unbranched alkanes of at least 4 members (excludes halogenated alkanes) is 32. The van der Waals surface area contributed by atoms with Crippen LogP contribution in [0.2, 0.25) is 0 Å². The molecule has 0 aromatic carbocycles. The number of esters is 3. The van der Waals surface area contributed by atoms with E-state index < -0.39 is 6.10 Å². The molecule has 0 fully saturated rings. The molecule has 0 N–H and O–H groups in total. The van der Waals surface area contributed by atoms with E-state index in [1.165, 1.54) is 167 Å². The molecule has 426 valence electrons. The normalized spacial score (nSPS) is 12.6. The standard InChI is InChI=1S/C68H118O6/c1-4-7-10-13-16-19-22-25-28-30-32-33-34-35-36-38-40-43-46-49-52-55-58-61-67(70)73-64-65(63-72-66(69)60-57-54-51-48-45-42-39-27-24-21-18-15-12-9-6-3)74-68(71)62-59-56-53-50-47-44-41-37-31-29-26-23-20-17-14-11-8-5-2/h9,12,18,21-22,25,27,30,32,34-35,39,45,48,65H,4-8,10-11,13-17,19-20,23-24,26,28-29,31,33,36-38,40-44,46-47,49-64H2,1-3H3/b12-9-,21-18-,25-22-,32-30-,35-34-,39-27-,48-45-. The molecule has 0 spiro atoms. The third-order valence-corrected chi connectivity index (χ3v) is 13.6. The summed E-state index contributed by atoms with van der Waals surface area (Å²) in [4.78, 5) is 38.3. The summed E-state index contributed by atoms with van der Waals surface area (Å²) in [6, 6.07) is 0. The lowest BCUT2D eigenvalue weighted by Gasteiger charge is -2.18. The third-order valence-electron chi connectivity index (χ3n) is 13.6. The summed E-state index contributed by atoms with van der Waals surface area (Å²) in [5.74, 6) is -0.928. The summed E-state index contributed by atoms with van der Waals surface area (Å²) in [6.07, 6.45) is 81.6. The van der Waals surface area contributed by atoms with Crippen molar-refractivity contribution in [3.63, 3.8) is 0 Å². The number of hydrogen-bond acceptors (Lipinski definition) is 6. The first-order valence-corrected chi connectivity index (χ1v) is 31.6. The lowest BCUT2D eigenvalue weighted by molar-refractivity contribution is -0.167. The number of rotatable bonds is 57. The van der Waals surface area contributed by atoms with Crippen LogP contribution in [0, 0.1) is 0 Å². The van der Waals surface area contributed by atoms with Gasteiger partial charge in [0.1, 0.15) is 13.2 Å². The Kier molecular flexibility index (Phi) is 59.3. The van der Waals surface area contributed by atoms with Crippen molar-refractivity contribution in [3.05, 3.63) is 85.1 Å². The molecule has 0 heterocycles. The van der Waals surface area contributed by atoms with Crippen LogP contribution in [0.15, 0.2) is 85.1 Å². The Balaban J connectivity index is 4.39. The van der Waals surface area contributed by atoms with E-state index in [-0.39, 0.29) is 31.1 Å². The fourth-order valence-corrected chi connectivity index (χ4v) is 8.91. The lowest BCUT2D eigenvalue weighted by atomic mass is 10.0. The largest absolute Gasteiger partial charge is 0.462 e. The van der Waals surface area contributed by atoms with Gasteiger partial charge in [-0.05, 0) is 96.3 Å². The fourth-order valence-electron chi connectivity index (χ4n) is 8.91. The zero-order valence-corrected chi connectivity index (χ0v) is 48.8. The van der Waals surface area contributed by atoms with Gasteiger partial charge < -0.3 is 14.2 Å². The summed E-state index contributed by atoms with van der Waals surface area (Å²) < 4.78 is 16.9. The molecule has 6 heteroatoms. The van der Waals surface area contributed by atoms with Crippen molar-refractivity contribution in [2.75, 3.05) is 13.2 Å². The highest BCUT2D eigenvalue weighted by Gasteiger charge is 2.19. The van der Waals surface area contributed by atoms with E-state index in [0.29, 0.717) is 19.3 Å². The minimum absolute atomic E-state index is 0.0916. The first-order valence-electron chi connectivity index (χ1n) is 31.6. The van der Waals surface area contributed by atoms with E-state index in [1.54, 1.807) is 0 Å². The van der Waals surface area contributed by atoms with E-state index in [1.807, 2.05) is 0 Å². The molecule has 0 aromatic heterocycles. The Morgan fingerprint density at radius 3 is 0.851 bits per heavy atom. The highest BCUT2D eigenvalue weighted by Crippen LogP contribution is 2.16. The maximum absolute atomic E-state index is 12.9. The first kappa shape index (κ1) is 70.6. The van der Waals surface area contributed by atoms with Crippen molar-refractivity contribution < 1.29 is 28.6 Å². The average Bonchev–Trinajstić information content (AvgIpc) is 3.40. The first-order chi connectivity index (χ1) is 36.5. The quantitative estimate of drug-likeness (QED) is 0.0261. The van der Waals surface area contributed by atoms with Crippen molar-refractivity contribution in [3.8, 4) is 0 Å². The fraction of sp³-hybridized carbons (Fsp3) is 0.750. The molecule has 0 saturated carbocycles. The second kappa shape index (κ2) is 62.1. The molecule has 6 nitrogen and oxygen atoms in total. The van der Waals surface area contributed by atoms with Crippen LogP contribution in [0.1, 0.15) is 310 Å². The molecular formula is C68H118O6. The van der Waals surface area contributed by atoms with E-state index in [9.17, 15) is 14.4 Å². The van der Waals surface area contributed by atoms with Gasteiger partial charge in [0, 0.05) is 19.3 Å². The second-order valence-corrected chi connectivity index (χ2v) is 20.9. The summed E-state index contributed by atoms with van der Waals surface area (Å²) in [6.45, 7) is 6.51. The third kappa shape index (κ3) is 59.5. The van der Waals surface area contributed by atoms with Crippen molar-refractivity contribution >= 4 is 17.9 Å². The van der Waals surface area contributed by atoms with Crippen LogP contribution < -0.4 is 0 Å². The topological polar surface area (TPSA) is 78.9 Å². The van der Waals surface area contributed by atoms with Crippen LogP contribution in [-0.2, 0) is 28.6 Å². The lowest BCUT2D eigenvalue weighted by Crippen LogP contribution is -2.30. The zero-order chi connectivity index (χ0) is 53.6. The van der Waals surface area contributed by atoms with Gasteiger partial charge in [0.15, 0.2) is 6.10 Å². The van der Waals surface area contributed by atoms with Gasteiger partial charge in [0.2, 0.25) is 0 Å². The van der Waals surface area contributed by atoms with Crippen molar-refractivity contribution in [2.24, 2.45) is 0 Å². The number of ether oxygens (including phenoxy) is 3. The second-order valence-electron chi connectivity index (χ2n) is 20.9. The molecule has 0 saturated heterocycles. The Labute approximate surface area is 458 Å². The maximum Gasteiger partial charge on any atom is 0.306 e. The Hall–Kier alpha value is -3.41. The van der Waals surface area contributed by atoms with Crippen LogP contribution in [0.4, 0.5) is 0 Å². The number of carbonyl (C=O) groups is 3. The SMILES string of the molecule is CC/C=C\C/C=C\C/C=C\C/C=C\CCCCC(=O)OCC(COC(=O)CCCCCCCCCC/C=C\C/C=C\C/C=C\CCCCCCC)OC(=O)CCCCCCCCCCCCCCCCCCCC. The van der Waals surface area contributed by atoms with E-state index in [0.717, 1.165) is 103 Å². The van der Waals surface area contributed by atoms with Crippen molar-refractivity contribution in [2.45, 2.75) is 316 Å². The molecule has 0 bridgehead atoms. The van der Waals surface area contributed by atoms with E-state index in [2.05, 4.69) is 106 Å². The zero-order valence-electron chi connectivity index (χ0n) is 48.8. The molecule has 0 aliphatic carbocycles. The predicted octanol–water partition coefficient (Wildman–Crippen LogP) is 21.5. The Bertz CT molecular complexity index is 1420. The van der Waals surface area contributed by atoms with Crippen LogP contribution in [0.5, 0.6) is 0 Å². The molecule has 0 aliphatic rings. The molecule has 0 aliphatic heterocycles. The van der Waals surface area contributed by atoms with Gasteiger partial charge in [-0.25, -0.2) is 0 Å². The molecular weight excluding hydrogens is 913 g/mol. The minimum Gasteiger partial charge on any atom is -0.462 e. The molecule has 0 aromatic rings. The van der Waals surface area contributed by atoms with Crippen molar-refractivity contribution in [1.82, 2.24) is 0 Å². The maximum atomic E-state index is 12.9. The van der Waals surface area contributed by atoms with Gasteiger partial charge in [-0.2, -0.15) is 0 Å². The molecule has 1 unspecified atom stereocenters. The molecule has 0 rings (SSSR count). The van der Waals surface area contributed by atoms with E-state index >= 15 is 0 Å². The molecule has 74 heavy (non-hydrogen) atoms. The van der Waals surface area contributed by atoms with Crippen LogP contribution in [0.25, 0.3) is 0 Å². The average molecular weight is 1030 g/mol. The van der Waals surface area contributed by atoms with Gasteiger partial charge in [-0.15, -0.1) is 0 Å². The number of hydrogen-bond donors (Lipinski definition) is 0. The van der Waals surface area contributed by atoms with Crippen molar-refractivity contribution in [1.29, 1.82) is 0 Å². The molecule has 0 amide bonds. The summed E-state index contributed by atoms with van der Waals surface area (Å²) in [7, 11) is 0. The molecule has 0 radical (unpaired) electrons. The van der Waals surface area contributed by atoms with Gasteiger partial charge in [0.05, 0.1) is 0 Å². The minimum atomic E-state index is -0.797.